The monoisotopic (exact) mass is 280 g/mol. The second-order valence-corrected chi connectivity index (χ2v) is 5.51. The van der Waals surface area contributed by atoms with Crippen LogP contribution in [0, 0.1) is 0 Å². The molecule has 3 nitrogen and oxygen atoms in total. The normalized spacial score (nSPS) is 13.9. The van der Waals surface area contributed by atoms with Crippen molar-refractivity contribution in [1.29, 1.82) is 0 Å². The van der Waals surface area contributed by atoms with Gasteiger partial charge in [0.1, 0.15) is 0 Å². The van der Waals surface area contributed by atoms with E-state index in [2.05, 4.69) is 47.0 Å². The van der Waals surface area contributed by atoms with Crippen LogP contribution in [0.5, 0.6) is 0 Å². The molecule has 2 aromatic rings. The van der Waals surface area contributed by atoms with E-state index in [4.69, 9.17) is 0 Å². The van der Waals surface area contributed by atoms with Crippen LogP contribution in [0.4, 0.5) is 0 Å². The first kappa shape index (κ1) is 13.8. The number of hydrogen-bond acceptors (Lipinski definition) is 2. The number of hydrogen-bond donors (Lipinski definition) is 2. The molecule has 1 saturated carbocycles. The Balaban J connectivity index is 1.49. The number of amides is 1. The van der Waals surface area contributed by atoms with Gasteiger partial charge < -0.3 is 10.6 Å². The molecule has 2 N–H and O–H groups in total. The summed E-state index contributed by atoms with van der Waals surface area (Å²) in [6.07, 6.45) is 2.26. The Bertz CT molecular complexity index is 588. The van der Waals surface area contributed by atoms with E-state index in [1.165, 1.54) is 16.7 Å². The van der Waals surface area contributed by atoms with Crippen LogP contribution in [0.15, 0.2) is 54.6 Å². The van der Waals surface area contributed by atoms with Crippen LogP contribution in [-0.4, -0.2) is 18.5 Å². The molecule has 0 saturated heterocycles. The van der Waals surface area contributed by atoms with Crippen molar-refractivity contribution in [2.45, 2.75) is 25.4 Å². The highest BCUT2D eigenvalue weighted by Crippen LogP contribution is 2.19. The maximum Gasteiger partial charge on any atom is 0.234 e. The number of nitrogens with one attached hydrogen (secondary N) is 2. The van der Waals surface area contributed by atoms with Crippen molar-refractivity contribution < 1.29 is 4.79 Å². The van der Waals surface area contributed by atoms with Crippen molar-refractivity contribution in [3.8, 4) is 11.1 Å². The molecule has 0 heterocycles. The molecule has 2 aromatic carbocycles. The number of rotatable bonds is 6. The van der Waals surface area contributed by atoms with Crippen molar-refractivity contribution in [2.75, 3.05) is 6.54 Å². The topological polar surface area (TPSA) is 41.1 Å². The molecule has 1 aliphatic rings. The lowest BCUT2D eigenvalue weighted by Crippen LogP contribution is -2.34. The highest BCUT2D eigenvalue weighted by molar-refractivity contribution is 5.78. The predicted octanol–water partition coefficient (Wildman–Crippen LogP) is 2.72. The molecule has 0 bridgehead atoms. The first-order valence-corrected chi connectivity index (χ1v) is 7.46. The van der Waals surface area contributed by atoms with Crippen LogP contribution in [-0.2, 0) is 11.3 Å². The van der Waals surface area contributed by atoms with Gasteiger partial charge in [-0.1, -0.05) is 54.6 Å². The van der Waals surface area contributed by atoms with Gasteiger partial charge >= 0.3 is 0 Å². The van der Waals surface area contributed by atoms with Gasteiger partial charge in [-0.25, -0.2) is 0 Å². The lowest BCUT2D eigenvalue weighted by Gasteiger charge is -2.07. The third-order valence-electron chi connectivity index (χ3n) is 3.62. The van der Waals surface area contributed by atoms with Crippen molar-refractivity contribution in [3.05, 3.63) is 60.2 Å². The summed E-state index contributed by atoms with van der Waals surface area (Å²) in [5.74, 6) is 0.0957. The van der Waals surface area contributed by atoms with Crippen molar-refractivity contribution in [2.24, 2.45) is 0 Å². The molecule has 0 spiro atoms. The molecule has 1 aliphatic carbocycles. The van der Waals surface area contributed by atoms with Gasteiger partial charge in [0, 0.05) is 12.6 Å². The first-order valence-electron chi connectivity index (χ1n) is 7.46. The Morgan fingerprint density at radius 1 is 0.952 bits per heavy atom. The minimum atomic E-state index is 0.0957. The van der Waals surface area contributed by atoms with Crippen LogP contribution in [0.2, 0.25) is 0 Å². The van der Waals surface area contributed by atoms with Crippen molar-refractivity contribution in [1.82, 2.24) is 10.6 Å². The largest absolute Gasteiger partial charge is 0.352 e. The molecule has 0 atom stereocenters. The third-order valence-corrected chi connectivity index (χ3v) is 3.62. The second-order valence-electron chi connectivity index (χ2n) is 5.51. The van der Waals surface area contributed by atoms with E-state index >= 15 is 0 Å². The Hall–Kier alpha value is -2.13. The standard InChI is InChI=1S/C18H20N2O/c21-18(20-17-10-11-17)13-19-12-14-6-8-16(9-7-14)15-4-2-1-3-5-15/h1-9,17,19H,10-13H2,(H,20,21). The maximum atomic E-state index is 11.5. The number of carbonyl (C=O) groups is 1. The van der Waals surface area contributed by atoms with E-state index in [0.29, 0.717) is 19.1 Å². The van der Waals surface area contributed by atoms with Crippen LogP contribution in [0.3, 0.4) is 0 Å². The summed E-state index contributed by atoms with van der Waals surface area (Å²) in [6, 6.07) is 19.2. The molecular formula is C18H20N2O. The van der Waals surface area contributed by atoms with Gasteiger partial charge in [-0.05, 0) is 29.5 Å². The first-order chi connectivity index (χ1) is 10.3. The van der Waals surface area contributed by atoms with Crippen LogP contribution < -0.4 is 10.6 Å². The van der Waals surface area contributed by atoms with Gasteiger partial charge in [-0.15, -0.1) is 0 Å². The molecule has 0 aliphatic heterocycles. The van der Waals surface area contributed by atoms with E-state index in [1.54, 1.807) is 0 Å². The van der Waals surface area contributed by atoms with E-state index in [-0.39, 0.29) is 5.91 Å². The molecule has 3 heteroatoms. The van der Waals surface area contributed by atoms with E-state index < -0.39 is 0 Å². The minimum Gasteiger partial charge on any atom is -0.352 e. The van der Waals surface area contributed by atoms with Gasteiger partial charge in [-0.3, -0.25) is 4.79 Å². The zero-order valence-corrected chi connectivity index (χ0v) is 12.0. The lowest BCUT2D eigenvalue weighted by atomic mass is 10.0. The molecule has 3 rings (SSSR count). The van der Waals surface area contributed by atoms with Crippen LogP contribution in [0.1, 0.15) is 18.4 Å². The van der Waals surface area contributed by atoms with E-state index in [0.717, 1.165) is 12.8 Å². The fourth-order valence-electron chi connectivity index (χ4n) is 2.27. The van der Waals surface area contributed by atoms with Gasteiger partial charge in [0.15, 0.2) is 0 Å². The van der Waals surface area contributed by atoms with Gasteiger partial charge in [-0.2, -0.15) is 0 Å². The average Bonchev–Trinajstić information content (AvgIpc) is 3.33. The number of benzene rings is 2. The summed E-state index contributed by atoms with van der Waals surface area (Å²) in [5, 5.41) is 6.15. The highest BCUT2D eigenvalue weighted by Gasteiger charge is 2.22. The predicted molar refractivity (Wildman–Crippen MR) is 84.7 cm³/mol. The average molecular weight is 280 g/mol. The summed E-state index contributed by atoms with van der Waals surface area (Å²) in [4.78, 5) is 11.5. The summed E-state index contributed by atoms with van der Waals surface area (Å²) < 4.78 is 0. The lowest BCUT2D eigenvalue weighted by molar-refractivity contribution is -0.120. The van der Waals surface area contributed by atoms with Crippen LogP contribution >= 0.6 is 0 Å². The molecular weight excluding hydrogens is 260 g/mol. The molecule has 0 unspecified atom stereocenters. The molecule has 21 heavy (non-hydrogen) atoms. The zero-order valence-electron chi connectivity index (χ0n) is 12.0. The minimum absolute atomic E-state index is 0.0957. The Morgan fingerprint density at radius 3 is 2.29 bits per heavy atom. The Morgan fingerprint density at radius 2 is 1.62 bits per heavy atom. The fourth-order valence-corrected chi connectivity index (χ4v) is 2.27. The summed E-state index contributed by atoms with van der Waals surface area (Å²) in [7, 11) is 0. The SMILES string of the molecule is O=C(CNCc1ccc(-c2ccccc2)cc1)NC1CC1. The fraction of sp³-hybridized carbons (Fsp3) is 0.278. The van der Waals surface area contributed by atoms with Gasteiger partial charge in [0.05, 0.1) is 6.54 Å². The van der Waals surface area contributed by atoms with E-state index in [1.807, 2.05) is 18.2 Å². The maximum absolute atomic E-state index is 11.5. The molecule has 108 valence electrons. The summed E-state index contributed by atoms with van der Waals surface area (Å²) in [6.45, 7) is 1.10. The summed E-state index contributed by atoms with van der Waals surface area (Å²) >= 11 is 0. The van der Waals surface area contributed by atoms with Gasteiger partial charge in [0.2, 0.25) is 5.91 Å². The molecule has 1 fully saturated rings. The van der Waals surface area contributed by atoms with E-state index in [9.17, 15) is 4.79 Å². The van der Waals surface area contributed by atoms with Crippen molar-refractivity contribution in [3.63, 3.8) is 0 Å². The Labute approximate surface area is 125 Å². The third kappa shape index (κ3) is 4.17. The van der Waals surface area contributed by atoms with Gasteiger partial charge in [0.25, 0.3) is 0 Å². The molecule has 0 aromatic heterocycles. The molecule has 0 radical (unpaired) electrons. The zero-order chi connectivity index (χ0) is 14.5. The molecule has 1 amide bonds. The van der Waals surface area contributed by atoms with Crippen molar-refractivity contribution >= 4 is 5.91 Å². The number of carbonyl (C=O) groups excluding carboxylic acids is 1. The highest BCUT2D eigenvalue weighted by atomic mass is 16.2. The smallest absolute Gasteiger partial charge is 0.234 e. The Kier molecular flexibility index (Phi) is 4.31. The van der Waals surface area contributed by atoms with Crippen LogP contribution in [0.25, 0.3) is 11.1 Å². The summed E-state index contributed by atoms with van der Waals surface area (Å²) in [5.41, 5.74) is 3.63. The second kappa shape index (κ2) is 6.55. The quantitative estimate of drug-likeness (QED) is 0.854.